The molecule has 0 saturated heterocycles. The fraction of sp³-hybridized carbons (Fsp3) is 0.286. The zero-order chi connectivity index (χ0) is 14.5. The summed E-state index contributed by atoms with van der Waals surface area (Å²) in [6.45, 7) is 0.605. The first kappa shape index (κ1) is 15.2. The predicted molar refractivity (Wildman–Crippen MR) is 84.1 cm³/mol. The van der Waals surface area contributed by atoms with Crippen molar-refractivity contribution in [1.29, 1.82) is 0 Å². The maximum absolute atomic E-state index is 12.1. The SMILES string of the molecule is C[NH+](C)[C@H](CNC(=O)c1cncc(Br)c1)c1cccs1. The number of nitrogens with one attached hydrogen (secondary N) is 2. The molecule has 6 heteroatoms. The second-order valence-corrected chi connectivity index (χ2v) is 6.64. The largest absolute Gasteiger partial charge is 0.346 e. The van der Waals surface area contributed by atoms with Crippen molar-refractivity contribution in [3.63, 3.8) is 0 Å². The highest BCUT2D eigenvalue weighted by Gasteiger charge is 2.20. The molecule has 0 aliphatic carbocycles. The fourth-order valence-electron chi connectivity index (χ4n) is 1.91. The van der Waals surface area contributed by atoms with E-state index in [4.69, 9.17) is 0 Å². The van der Waals surface area contributed by atoms with Crippen molar-refractivity contribution >= 4 is 33.2 Å². The molecule has 4 nitrogen and oxygen atoms in total. The average molecular weight is 355 g/mol. The molecular weight excluding hydrogens is 338 g/mol. The summed E-state index contributed by atoms with van der Waals surface area (Å²) >= 11 is 5.04. The average Bonchev–Trinajstić information content (AvgIpc) is 2.92. The number of rotatable bonds is 5. The van der Waals surface area contributed by atoms with E-state index >= 15 is 0 Å². The van der Waals surface area contributed by atoms with E-state index in [9.17, 15) is 4.79 Å². The Morgan fingerprint density at radius 2 is 2.30 bits per heavy atom. The third-order valence-electron chi connectivity index (χ3n) is 3.02. The van der Waals surface area contributed by atoms with Gasteiger partial charge >= 0.3 is 0 Å². The zero-order valence-electron chi connectivity index (χ0n) is 11.4. The lowest BCUT2D eigenvalue weighted by Gasteiger charge is -2.20. The summed E-state index contributed by atoms with van der Waals surface area (Å²) in [5.41, 5.74) is 0.568. The van der Waals surface area contributed by atoms with E-state index in [0.717, 1.165) is 4.47 Å². The number of hydrogen-bond acceptors (Lipinski definition) is 3. The van der Waals surface area contributed by atoms with Crippen LogP contribution in [0.25, 0.3) is 0 Å². The summed E-state index contributed by atoms with van der Waals surface area (Å²) in [6.07, 6.45) is 3.23. The van der Waals surface area contributed by atoms with Crippen molar-refractivity contribution < 1.29 is 9.69 Å². The number of amides is 1. The molecule has 0 aliphatic heterocycles. The summed E-state index contributed by atoms with van der Waals surface area (Å²) in [5, 5.41) is 5.04. The maximum Gasteiger partial charge on any atom is 0.253 e. The fourth-order valence-corrected chi connectivity index (χ4v) is 3.23. The lowest BCUT2D eigenvalue weighted by molar-refractivity contribution is -0.890. The van der Waals surface area contributed by atoms with Gasteiger partial charge in [-0.15, -0.1) is 11.3 Å². The maximum atomic E-state index is 12.1. The number of carbonyl (C=O) groups excluding carboxylic acids is 1. The normalized spacial score (nSPS) is 12.4. The lowest BCUT2D eigenvalue weighted by atomic mass is 10.2. The second-order valence-electron chi connectivity index (χ2n) is 4.75. The number of quaternary nitrogens is 1. The van der Waals surface area contributed by atoms with Crippen LogP contribution in [0.1, 0.15) is 21.3 Å². The molecule has 2 heterocycles. The Labute approximate surface area is 131 Å². The Hall–Kier alpha value is -1.24. The monoisotopic (exact) mass is 354 g/mol. The van der Waals surface area contributed by atoms with Crippen LogP contribution in [-0.2, 0) is 0 Å². The minimum absolute atomic E-state index is 0.0957. The van der Waals surface area contributed by atoms with E-state index in [1.807, 2.05) is 6.07 Å². The van der Waals surface area contributed by atoms with Gasteiger partial charge in [-0.1, -0.05) is 6.07 Å². The summed E-state index contributed by atoms with van der Waals surface area (Å²) in [7, 11) is 4.19. The number of carbonyl (C=O) groups is 1. The first-order valence-corrected chi connectivity index (χ1v) is 7.97. The van der Waals surface area contributed by atoms with Gasteiger partial charge in [0.05, 0.1) is 31.1 Å². The Kier molecular flexibility index (Phi) is 5.28. The molecule has 2 aromatic heterocycles. The standard InChI is InChI=1S/C14H16BrN3OS/c1-18(2)12(13-4-3-5-20-13)9-17-14(19)10-6-11(15)8-16-7-10/h3-8,12H,9H2,1-2H3,(H,17,19)/p+1/t12-/m1/s1. The number of aromatic nitrogens is 1. The molecule has 1 atom stereocenters. The van der Waals surface area contributed by atoms with Gasteiger partial charge < -0.3 is 10.2 Å². The van der Waals surface area contributed by atoms with Crippen LogP contribution < -0.4 is 10.2 Å². The van der Waals surface area contributed by atoms with Crippen LogP contribution >= 0.6 is 27.3 Å². The molecule has 2 N–H and O–H groups in total. The van der Waals surface area contributed by atoms with E-state index in [2.05, 4.69) is 51.8 Å². The van der Waals surface area contributed by atoms with Gasteiger partial charge in [0.2, 0.25) is 0 Å². The van der Waals surface area contributed by atoms with Crippen LogP contribution in [-0.4, -0.2) is 31.5 Å². The van der Waals surface area contributed by atoms with Gasteiger partial charge in [0.15, 0.2) is 0 Å². The number of hydrogen-bond donors (Lipinski definition) is 2. The van der Waals surface area contributed by atoms with Crippen LogP contribution in [0.15, 0.2) is 40.4 Å². The van der Waals surface area contributed by atoms with Gasteiger partial charge in [-0.05, 0) is 33.4 Å². The van der Waals surface area contributed by atoms with Crippen molar-refractivity contribution in [1.82, 2.24) is 10.3 Å². The summed E-state index contributed by atoms with van der Waals surface area (Å²) in [5.74, 6) is -0.0957. The molecule has 0 saturated carbocycles. The number of pyridine rings is 1. The first-order valence-electron chi connectivity index (χ1n) is 6.30. The van der Waals surface area contributed by atoms with Crippen molar-refractivity contribution in [3.05, 3.63) is 50.9 Å². The van der Waals surface area contributed by atoms with Gasteiger partial charge in [-0.3, -0.25) is 9.78 Å². The molecule has 1 amide bonds. The highest BCUT2D eigenvalue weighted by molar-refractivity contribution is 9.10. The van der Waals surface area contributed by atoms with Crippen molar-refractivity contribution in [2.24, 2.45) is 0 Å². The molecule has 0 unspecified atom stereocenters. The molecule has 0 aliphatic rings. The molecular formula is C14H17BrN3OS+. The molecule has 106 valence electrons. The van der Waals surface area contributed by atoms with Crippen LogP contribution in [0.2, 0.25) is 0 Å². The third-order valence-corrected chi connectivity index (χ3v) is 4.44. The van der Waals surface area contributed by atoms with Crippen LogP contribution in [0.3, 0.4) is 0 Å². The molecule has 0 aromatic carbocycles. The van der Waals surface area contributed by atoms with Gasteiger partial charge in [0.25, 0.3) is 5.91 Å². The van der Waals surface area contributed by atoms with Gasteiger partial charge in [-0.2, -0.15) is 0 Å². The Balaban J connectivity index is 2.01. The summed E-state index contributed by atoms with van der Waals surface area (Å²) in [4.78, 5) is 18.7. The molecule has 0 radical (unpaired) electrons. The number of nitrogens with zero attached hydrogens (tertiary/aromatic N) is 1. The highest BCUT2D eigenvalue weighted by atomic mass is 79.9. The Morgan fingerprint density at radius 1 is 1.50 bits per heavy atom. The van der Waals surface area contributed by atoms with E-state index < -0.39 is 0 Å². The minimum atomic E-state index is -0.0957. The molecule has 0 bridgehead atoms. The Morgan fingerprint density at radius 3 is 2.90 bits per heavy atom. The minimum Gasteiger partial charge on any atom is -0.346 e. The zero-order valence-corrected chi connectivity index (χ0v) is 13.8. The molecule has 2 aromatic rings. The van der Waals surface area contributed by atoms with Crippen molar-refractivity contribution in [2.45, 2.75) is 6.04 Å². The number of likely N-dealkylation sites (N-methyl/N-ethyl adjacent to an activating group) is 1. The van der Waals surface area contributed by atoms with Crippen molar-refractivity contribution in [2.75, 3.05) is 20.6 Å². The first-order chi connectivity index (χ1) is 9.58. The van der Waals surface area contributed by atoms with Gasteiger partial charge in [0.1, 0.15) is 6.04 Å². The highest BCUT2D eigenvalue weighted by Crippen LogP contribution is 2.16. The molecule has 0 fully saturated rings. The van der Waals surface area contributed by atoms with Crippen LogP contribution in [0.4, 0.5) is 0 Å². The molecule has 0 spiro atoms. The van der Waals surface area contributed by atoms with Crippen LogP contribution in [0, 0.1) is 0 Å². The molecule has 20 heavy (non-hydrogen) atoms. The predicted octanol–water partition coefficient (Wildman–Crippen LogP) is 1.52. The van der Waals surface area contributed by atoms with Gasteiger partial charge in [-0.25, -0.2) is 0 Å². The third kappa shape index (κ3) is 3.88. The smallest absolute Gasteiger partial charge is 0.253 e. The Bertz CT molecular complexity index is 572. The topological polar surface area (TPSA) is 46.4 Å². The summed E-state index contributed by atoms with van der Waals surface area (Å²) < 4.78 is 0.804. The lowest BCUT2D eigenvalue weighted by Crippen LogP contribution is -3.06. The van der Waals surface area contributed by atoms with E-state index in [1.165, 1.54) is 9.78 Å². The van der Waals surface area contributed by atoms with E-state index in [0.29, 0.717) is 12.1 Å². The second kappa shape index (κ2) is 6.97. The quantitative estimate of drug-likeness (QED) is 0.855. The van der Waals surface area contributed by atoms with E-state index in [1.54, 1.807) is 29.8 Å². The number of thiophene rings is 1. The molecule has 2 rings (SSSR count). The van der Waals surface area contributed by atoms with E-state index in [-0.39, 0.29) is 11.9 Å². The van der Waals surface area contributed by atoms with Crippen LogP contribution in [0.5, 0.6) is 0 Å². The number of halogens is 1. The van der Waals surface area contributed by atoms with Gasteiger partial charge in [0, 0.05) is 16.9 Å². The van der Waals surface area contributed by atoms with Crippen molar-refractivity contribution in [3.8, 4) is 0 Å². The summed E-state index contributed by atoms with van der Waals surface area (Å²) in [6, 6.07) is 6.18.